The Hall–Kier alpha value is -1.95. The zero-order chi connectivity index (χ0) is 13.8. The number of nitrogens with one attached hydrogen (secondary N) is 1. The van der Waals surface area contributed by atoms with Gasteiger partial charge in [0.25, 0.3) is 0 Å². The van der Waals surface area contributed by atoms with Gasteiger partial charge in [0.1, 0.15) is 6.04 Å². The Balaban J connectivity index is 2.16. The maximum absolute atomic E-state index is 11.8. The lowest BCUT2D eigenvalue weighted by molar-refractivity contribution is -0.144. The molecule has 1 aromatic heterocycles. The Morgan fingerprint density at radius 3 is 3.00 bits per heavy atom. The third-order valence-electron chi connectivity index (χ3n) is 3.28. The van der Waals surface area contributed by atoms with Crippen molar-refractivity contribution in [2.75, 3.05) is 6.54 Å². The molecule has 1 saturated heterocycles. The lowest BCUT2D eigenvalue weighted by atomic mass is 10.0. The standard InChI is InChI=1S/C13H17N3O3/c1-9-7-15-13(19)11(6-12(17)18)16(9)8-10-4-2-3-5-14-10/h2-5,9,11H,6-8H2,1H3,(H,15,19)(H,17,18). The number of carbonyl (C=O) groups is 2. The molecule has 102 valence electrons. The number of nitrogens with zero attached hydrogens (tertiary/aromatic N) is 2. The summed E-state index contributed by atoms with van der Waals surface area (Å²) in [6.45, 7) is 2.98. The lowest BCUT2D eigenvalue weighted by Gasteiger charge is -2.39. The second-order valence-electron chi connectivity index (χ2n) is 4.70. The molecule has 2 heterocycles. The third-order valence-corrected chi connectivity index (χ3v) is 3.28. The minimum absolute atomic E-state index is 0.0871. The smallest absolute Gasteiger partial charge is 0.305 e. The van der Waals surface area contributed by atoms with Crippen LogP contribution in [-0.4, -0.2) is 45.5 Å². The molecule has 0 aromatic carbocycles. The third kappa shape index (κ3) is 3.29. The Labute approximate surface area is 111 Å². The number of hydrogen-bond donors (Lipinski definition) is 2. The van der Waals surface area contributed by atoms with E-state index in [1.807, 2.05) is 30.0 Å². The maximum Gasteiger partial charge on any atom is 0.305 e. The quantitative estimate of drug-likeness (QED) is 0.813. The molecule has 1 fully saturated rings. The summed E-state index contributed by atoms with van der Waals surface area (Å²) in [6, 6.07) is 5.03. The Morgan fingerprint density at radius 1 is 1.58 bits per heavy atom. The van der Waals surface area contributed by atoms with Gasteiger partial charge in [-0.1, -0.05) is 6.07 Å². The van der Waals surface area contributed by atoms with Crippen LogP contribution in [0.25, 0.3) is 0 Å². The summed E-state index contributed by atoms with van der Waals surface area (Å²) in [5.74, 6) is -1.20. The molecule has 0 bridgehead atoms. The second-order valence-corrected chi connectivity index (χ2v) is 4.70. The van der Waals surface area contributed by atoms with Gasteiger partial charge in [0.15, 0.2) is 0 Å². The number of pyridine rings is 1. The fourth-order valence-corrected chi connectivity index (χ4v) is 2.26. The van der Waals surface area contributed by atoms with Crippen LogP contribution in [0.3, 0.4) is 0 Å². The SMILES string of the molecule is CC1CNC(=O)C(CC(=O)O)N1Cc1ccccn1. The average molecular weight is 263 g/mol. The first-order valence-electron chi connectivity index (χ1n) is 6.23. The number of carboxylic acid groups (broad SMARTS) is 1. The molecule has 1 amide bonds. The van der Waals surface area contributed by atoms with Crippen LogP contribution >= 0.6 is 0 Å². The average Bonchev–Trinajstić information content (AvgIpc) is 2.39. The highest BCUT2D eigenvalue weighted by atomic mass is 16.4. The molecule has 1 aromatic rings. The molecule has 0 spiro atoms. The molecule has 6 heteroatoms. The van der Waals surface area contributed by atoms with Crippen LogP contribution < -0.4 is 5.32 Å². The fourth-order valence-electron chi connectivity index (χ4n) is 2.26. The van der Waals surface area contributed by atoms with Crippen molar-refractivity contribution in [2.45, 2.75) is 32.0 Å². The van der Waals surface area contributed by atoms with Gasteiger partial charge in [0.05, 0.1) is 12.1 Å². The van der Waals surface area contributed by atoms with E-state index in [1.165, 1.54) is 0 Å². The van der Waals surface area contributed by atoms with Crippen LogP contribution in [0.1, 0.15) is 19.0 Å². The van der Waals surface area contributed by atoms with Gasteiger partial charge in [0.2, 0.25) is 5.91 Å². The van der Waals surface area contributed by atoms with Crippen LogP contribution in [0.5, 0.6) is 0 Å². The van der Waals surface area contributed by atoms with Crippen molar-refractivity contribution in [3.63, 3.8) is 0 Å². The maximum atomic E-state index is 11.8. The van der Waals surface area contributed by atoms with Gasteiger partial charge in [-0.3, -0.25) is 19.5 Å². The molecule has 0 saturated carbocycles. The van der Waals surface area contributed by atoms with E-state index in [0.29, 0.717) is 13.1 Å². The highest BCUT2D eigenvalue weighted by Gasteiger charge is 2.35. The van der Waals surface area contributed by atoms with Crippen molar-refractivity contribution < 1.29 is 14.7 Å². The van der Waals surface area contributed by atoms with Crippen LogP contribution in [0.4, 0.5) is 0 Å². The van der Waals surface area contributed by atoms with Crippen molar-refractivity contribution in [3.8, 4) is 0 Å². The summed E-state index contributed by atoms with van der Waals surface area (Å²) in [7, 11) is 0. The van der Waals surface area contributed by atoms with Crippen molar-refractivity contribution in [1.82, 2.24) is 15.2 Å². The van der Waals surface area contributed by atoms with Crippen LogP contribution in [0.2, 0.25) is 0 Å². The van der Waals surface area contributed by atoms with E-state index in [4.69, 9.17) is 5.11 Å². The zero-order valence-corrected chi connectivity index (χ0v) is 10.7. The van der Waals surface area contributed by atoms with E-state index in [0.717, 1.165) is 5.69 Å². The van der Waals surface area contributed by atoms with Gasteiger partial charge in [-0.25, -0.2) is 0 Å². The predicted molar refractivity (Wildman–Crippen MR) is 68.3 cm³/mol. The minimum Gasteiger partial charge on any atom is -0.481 e. The summed E-state index contributed by atoms with van der Waals surface area (Å²) in [5.41, 5.74) is 0.833. The molecule has 19 heavy (non-hydrogen) atoms. The first-order valence-corrected chi connectivity index (χ1v) is 6.23. The van der Waals surface area contributed by atoms with Crippen LogP contribution in [-0.2, 0) is 16.1 Å². The second kappa shape index (κ2) is 5.79. The molecule has 2 atom stereocenters. The van der Waals surface area contributed by atoms with Gasteiger partial charge in [0, 0.05) is 25.3 Å². The van der Waals surface area contributed by atoms with Crippen LogP contribution in [0.15, 0.2) is 24.4 Å². The normalized spacial score (nSPS) is 23.9. The number of carboxylic acids is 1. The Morgan fingerprint density at radius 2 is 2.37 bits per heavy atom. The predicted octanol–water partition coefficient (Wildman–Crippen LogP) is 0.245. The number of carbonyl (C=O) groups excluding carboxylic acids is 1. The number of aromatic nitrogens is 1. The number of amides is 1. The topological polar surface area (TPSA) is 82.5 Å². The highest BCUT2D eigenvalue weighted by Crippen LogP contribution is 2.17. The number of piperazine rings is 1. The van der Waals surface area contributed by atoms with Crippen LogP contribution in [0, 0.1) is 0 Å². The van der Waals surface area contributed by atoms with Gasteiger partial charge in [-0.15, -0.1) is 0 Å². The molecule has 0 radical (unpaired) electrons. The van der Waals surface area contributed by atoms with E-state index >= 15 is 0 Å². The summed E-state index contributed by atoms with van der Waals surface area (Å²) in [4.78, 5) is 28.9. The van der Waals surface area contributed by atoms with Gasteiger partial charge >= 0.3 is 5.97 Å². The summed E-state index contributed by atoms with van der Waals surface area (Å²) < 4.78 is 0. The lowest BCUT2D eigenvalue weighted by Crippen LogP contribution is -2.59. The van der Waals surface area contributed by atoms with E-state index in [2.05, 4.69) is 10.3 Å². The first kappa shape index (κ1) is 13.5. The van der Waals surface area contributed by atoms with Crippen molar-refractivity contribution in [1.29, 1.82) is 0 Å². The summed E-state index contributed by atoms with van der Waals surface area (Å²) in [6.07, 6.45) is 1.50. The monoisotopic (exact) mass is 263 g/mol. The largest absolute Gasteiger partial charge is 0.481 e. The molecule has 2 N–H and O–H groups in total. The Kier molecular flexibility index (Phi) is 4.11. The van der Waals surface area contributed by atoms with E-state index < -0.39 is 12.0 Å². The zero-order valence-electron chi connectivity index (χ0n) is 10.7. The molecule has 2 unspecified atom stereocenters. The number of hydrogen-bond acceptors (Lipinski definition) is 4. The van der Waals surface area contributed by atoms with E-state index in [-0.39, 0.29) is 18.4 Å². The minimum atomic E-state index is -0.972. The van der Waals surface area contributed by atoms with Crippen molar-refractivity contribution in [3.05, 3.63) is 30.1 Å². The van der Waals surface area contributed by atoms with Gasteiger partial charge in [-0.2, -0.15) is 0 Å². The van der Waals surface area contributed by atoms with Gasteiger partial charge < -0.3 is 10.4 Å². The van der Waals surface area contributed by atoms with E-state index in [1.54, 1.807) is 6.20 Å². The molecule has 1 aliphatic heterocycles. The molecule has 2 rings (SSSR count). The molecule has 6 nitrogen and oxygen atoms in total. The number of aliphatic carboxylic acids is 1. The number of rotatable bonds is 4. The van der Waals surface area contributed by atoms with Crippen molar-refractivity contribution >= 4 is 11.9 Å². The highest BCUT2D eigenvalue weighted by molar-refractivity contribution is 5.86. The molecule has 0 aliphatic carbocycles. The van der Waals surface area contributed by atoms with Crippen molar-refractivity contribution in [2.24, 2.45) is 0 Å². The molecular formula is C13H17N3O3. The van der Waals surface area contributed by atoms with Gasteiger partial charge in [-0.05, 0) is 19.1 Å². The van der Waals surface area contributed by atoms with E-state index in [9.17, 15) is 9.59 Å². The summed E-state index contributed by atoms with van der Waals surface area (Å²) >= 11 is 0. The molecular weight excluding hydrogens is 246 g/mol. The first-order chi connectivity index (χ1) is 9.08. The molecule has 1 aliphatic rings. The fraction of sp³-hybridized carbons (Fsp3) is 0.462. The Bertz CT molecular complexity index is 463. The summed E-state index contributed by atoms with van der Waals surface area (Å²) in [5, 5.41) is 11.7.